The number of nitrogens with zero attached hydrogens (tertiary/aromatic N) is 2. The molecule has 1 heterocycles. The lowest BCUT2D eigenvalue weighted by atomic mass is 10.6. The summed E-state index contributed by atoms with van der Waals surface area (Å²) in [7, 11) is 0. The van der Waals surface area contributed by atoms with Gasteiger partial charge in [-0.3, -0.25) is 14.1 Å². The van der Waals surface area contributed by atoms with Crippen LogP contribution in [0.3, 0.4) is 0 Å². The van der Waals surface area contributed by atoms with Crippen molar-refractivity contribution < 1.29 is 17.9 Å². The summed E-state index contributed by atoms with van der Waals surface area (Å²) in [6.45, 7) is -0.880. The number of aromatic nitrogens is 2. The molecule has 8 heteroatoms. The minimum atomic E-state index is -4.69. The smallest absolute Gasteiger partial charge is 0.297 e. The molecule has 0 amide bonds. The molecule has 0 aromatic carbocycles. The predicted molar refractivity (Wildman–Crippen MR) is 45.5 cm³/mol. The van der Waals surface area contributed by atoms with Crippen molar-refractivity contribution in [2.24, 2.45) is 0 Å². The molecule has 0 unspecified atom stereocenters. The highest BCUT2D eigenvalue weighted by Gasteiger charge is 2.28. The van der Waals surface area contributed by atoms with Gasteiger partial charge in [0.1, 0.15) is 5.15 Å². The molecule has 0 fully saturated rings. The molecule has 0 N–H and O–H groups in total. The van der Waals surface area contributed by atoms with Crippen LogP contribution in [-0.4, -0.2) is 22.5 Å². The third-order valence-corrected chi connectivity index (χ3v) is 1.65. The van der Waals surface area contributed by atoms with Crippen molar-refractivity contribution in [2.75, 3.05) is 6.61 Å². The van der Waals surface area contributed by atoms with Crippen LogP contribution in [-0.2, 0) is 11.3 Å². The Hall–Kier alpha value is -1.08. The van der Waals surface area contributed by atoms with E-state index in [1.165, 1.54) is 0 Å². The molecule has 0 saturated carbocycles. The van der Waals surface area contributed by atoms with E-state index in [1.807, 2.05) is 0 Å². The van der Waals surface area contributed by atoms with E-state index in [0.717, 1.165) is 17.0 Å². The highest BCUT2D eigenvalue weighted by atomic mass is 35.5. The third kappa shape index (κ3) is 4.30. The zero-order valence-corrected chi connectivity index (χ0v) is 8.05. The number of halogens is 4. The summed E-state index contributed by atoms with van der Waals surface area (Å²) >= 11 is 5.39. The Kier molecular flexibility index (Phi) is 3.70. The van der Waals surface area contributed by atoms with E-state index in [0.29, 0.717) is 0 Å². The van der Waals surface area contributed by atoms with Gasteiger partial charge < -0.3 is 0 Å². The molecule has 0 aliphatic heterocycles. The van der Waals surface area contributed by atoms with Crippen LogP contribution in [0.15, 0.2) is 17.2 Å². The van der Waals surface area contributed by atoms with Crippen molar-refractivity contribution in [1.29, 1.82) is 0 Å². The SMILES string of the molecule is O=c1cc(Cl)ncn1CCOC(F)(F)F. The third-order valence-electron chi connectivity index (χ3n) is 1.44. The lowest BCUT2D eigenvalue weighted by Crippen LogP contribution is -2.24. The molecule has 1 aromatic rings. The molecular weight excluding hydrogens is 237 g/mol. The number of hydrogen-bond acceptors (Lipinski definition) is 3. The predicted octanol–water partition coefficient (Wildman–Crippen LogP) is 1.43. The maximum atomic E-state index is 11.6. The van der Waals surface area contributed by atoms with E-state index in [4.69, 9.17) is 11.6 Å². The number of ether oxygens (including phenoxy) is 1. The monoisotopic (exact) mass is 242 g/mol. The maximum absolute atomic E-state index is 11.6. The van der Waals surface area contributed by atoms with E-state index in [1.54, 1.807) is 0 Å². The van der Waals surface area contributed by atoms with Gasteiger partial charge in [0.25, 0.3) is 5.56 Å². The Bertz CT molecular complexity index is 391. The van der Waals surface area contributed by atoms with Gasteiger partial charge in [-0.1, -0.05) is 11.6 Å². The van der Waals surface area contributed by atoms with Gasteiger partial charge in [-0.15, -0.1) is 13.2 Å². The van der Waals surface area contributed by atoms with Gasteiger partial charge >= 0.3 is 6.36 Å². The largest absolute Gasteiger partial charge is 0.522 e. The lowest BCUT2D eigenvalue weighted by Gasteiger charge is -2.08. The molecule has 4 nitrogen and oxygen atoms in total. The lowest BCUT2D eigenvalue weighted by molar-refractivity contribution is -0.325. The summed E-state index contributed by atoms with van der Waals surface area (Å²) in [5, 5.41) is -0.00649. The van der Waals surface area contributed by atoms with Gasteiger partial charge in [0.15, 0.2) is 0 Å². The van der Waals surface area contributed by atoms with E-state index < -0.39 is 18.5 Å². The average molecular weight is 243 g/mol. The molecular formula is C7H6ClF3N2O2. The van der Waals surface area contributed by atoms with Crippen molar-refractivity contribution in [1.82, 2.24) is 9.55 Å². The van der Waals surface area contributed by atoms with Gasteiger partial charge in [0.05, 0.1) is 19.5 Å². The molecule has 15 heavy (non-hydrogen) atoms. The molecule has 0 bridgehead atoms. The van der Waals surface area contributed by atoms with Crippen molar-refractivity contribution in [3.8, 4) is 0 Å². The topological polar surface area (TPSA) is 44.1 Å². The van der Waals surface area contributed by atoms with Gasteiger partial charge in [0.2, 0.25) is 0 Å². The molecule has 0 radical (unpaired) electrons. The number of alkyl halides is 3. The second-order valence-corrected chi connectivity index (χ2v) is 2.92. The van der Waals surface area contributed by atoms with Crippen LogP contribution in [0.25, 0.3) is 0 Å². The van der Waals surface area contributed by atoms with Crippen LogP contribution in [0.1, 0.15) is 0 Å². The molecule has 1 aromatic heterocycles. The van der Waals surface area contributed by atoms with Crippen LogP contribution in [0, 0.1) is 0 Å². The molecule has 0 saturated heterocycles. The number of hydrogen-bond donors (Lipinski definition) is 0. The Morgan fingerprint density at radius 2 is 2.20 bits per heavy atom. The Morgan fingerprint density at radius 3 is 2.73 bits per heavy atom. The second-order valence-electron chi connectivity index (χ2n) is 2.54. The molecule has 0 aliphatic carbocycles. The summed E-state index contributed by atoms with van der Waals surface area (Å²) in [6.07, 6.45) is -3.63. The first-order valence-corrected chi connectivity index (χ1v) is 4.19. The fraction of sp³-hybridized carbons (Fsp3) is 0.429. The summed E-state index contributed by atoms with van der Waals surface area (Å²) in [4.78, 5) is 14.6. The summed E-state index contributed by atoms with van der Waals surface area (Å²) in [5.74, 6) is 0. The van der Waals surface area contributed by atoms with Crippen molar-refractivity contribution in [2.45, 2.75) is 12.9 Å². The Labute approximate surface area is 87.3 Å². The van der Waals surface area contributed by atoms with E-state index in [-0.39, 0.29) is 11.7 Å². The molecule has 0 aliphatic rings. The fourth-order valence-electron chi connectivity index (χ4n) is 0.831. The standard InChI is InChI=1S/C7H6ClF3N2O2/c8-5-3-6(14)13(4-12-5)1-2-15-7(9,10)11/h3-4H,1-2H2. The minimum absolute atomic E-state index is 0.00649. The van der Waals surface area contributed by atoms with Crippen molar-refractivity contribution in [3.05, 3.63) is 27.9 Å². The van der Waals surface area contributed by atoms with Gasteiger partial charge in [-0.2, -0.15) is 0 Å². The van der Waals surface area contributed by atoms with E-state index >= 15 is 0 Å². The van der Waals surface area contributed by atoms with Crippen LogP contribution in [0.2, 0.25) is 5.15 Å². The molecule has 0 spiro atoms. The Balaban J connectivity index is 2.55. The fourth-order valence-corrected chi connectivity index (χ4v) is 0.968. The van der Waals surface area contributed by atoms with Gasteiger partial charge in [0, 0.05) is 6.07 Å². The first kappa shape index (κ1) is 12.0. The van der Waals surface area contributed by atoms with E-state index in [9.17, 15) is 18.0 Å². The highest BCUT2D eigenvalue weighted by molar-refractivity contribution is 6.29. The minimum Gasteiger partial charge on any atom is -0.297 e. The van der Waals surface area contributed by atoms with Crippen LogP contribution in [0.5, 0.6) is 0 Å². The van der Waals surface area contributed by atoms with Gasteiger partial charge in [-0.25, -0.2) is 4.98 Å². The second kappa shape index (κ2) is 4.63. The van der Waals surface area contributed by atoms with Crippen molar-refractivity contribution >= 4 is 11.6 Å². The van der Waals surface area contributed by atoms with Crippen LogP contribution >= 0.6 is 11.6 Å². The number of rotatable bonds is 3. The normalized spacial score (nSPS) is 11.7. The summed E-state index contributed by atoms with van der Waals surface area (Å²) < 4.78 is 39.2. The zero-order chi connectivity index (χ0) is 11.5. The maximum Gasteiger partial charge on any atom is 0.522 e. The zero-order valence-electron chi connectivity index (χ0n) is 7.29. The molecule has 0 atom stereocenters. The molecule has 1 rings (SSSR count). The molecule has 84 valence electrons. The van der Waals surface area contributed by atoms with E-state index in [2.05, 4.69) is 9.72 Å². The quantitative estimate of drug-likeness (QED) is 0.754. The summed E-state index contributed by atoms with van der Waals surface area (Å²) in [6, 6.07) is 1.01. The Morgan fingerprint density at radius 1 is 1.53 bits per heavy atom. The van der Waals surface area contributed by atoms with Crippen molar-refractivity contribution in [3.63, 3.8) is 0 Å². The van der Waals surface area contributed by atoms with Gasteiger partial charge in [-0.05, 0) is 0 Å². The average Bonchev–Trinajstić information content (AvgIpc) is 2.07. The first-order chi connectivity index (χ1) is 6.88. The first-order valence-electron chi connectivity index (χ1n) is 3.81. The van der Waals surface area contributed by atoms with Crippen LogP contribution < -0.4 is 5.56 Å². The van der Waals surface area contributed by atoms with Crippen LogP contribution in [0.4, 0.5) is 13.2 Å². The summed E-state index contributed by atoms with van der Waals surface area (Å²) in [5.41, 5.74) is -0.527. The highest BCUT2D eigenvalue weighted by Crippen LogP contribution is 2.15.